The first kappa shape index (κ1) is 21.4. The quantitative estimate of drug-likeness (QED) is 0.432. The normalized spacial score (nSPS) is 24.4. The highest BCUT2D eigenvalue weighted by atomic mass is 16.2. The van der Waals surface area contributed by atoms with Crippen molar-refractivity contribution in [2.75, 3.05) is 10.6 Å². The van der Waals surface area contributed by atoms with Crippen LogP contribution in [0.1, 0.15) is 57.8 Å². The van der Waals surface area contributed by atoms with Crippen LogP contribution in [0, 0.1) is 23.7 Å². The molecular weight excluding hydrogens is 424 g/mol. The number of nitrogens with one attached hydrogen (secondary N) is 3. The molecule has 3 fully saturated rings. The predicted octanol–water partition coefficient (Wildman–Crippen LogP) is 6.12. The summed E-state index contributed by atoms with van der Waals surface area (Å²) in [4.78, 5) is 33.4. The molecule has 1 aromatic heterocycles. The van der Waals surface area contributed by atoms with Gasteiger partial charge in [0.15, 0.2) is 0 Å². The lowest BCUT2D eigenvalue weighted by molar-refractivity contribution is -0.121. The molecule has 3 N–H and O–H groups in total. The number of H-pyrrole nitrogens is 1. The second-order valence-corrected chi connectivity index (χ2v) is 10.5. The monoisotopic (exact) mass is 456 g/mol. The molecule has 176 valence electrons. The SMILES string of the molecule is O=C(Nc1ccc(-c2nc3ccc(NC(=O)C4CC5CCC4C5)cc3[nH]2)cc1)C1CCCCC1. The molecule has 2 amide bonds. The van der Waals surface area contributed by atoms with Crippen molar-refractivity contribution in [1.29, 1.82) is 0 Å². The first-order valence-corrected chi connectivity index (χ1v) is 12.8. The summed E-state index contributed by atoms with van der Waals surface area (Å²) >= 11 is 0. The van der Waals surface area contributed by atoms with Crippen LogP contribution in [-0.4, -0.2) is 21.8 Å². The summed E-state index contributed by atoms with van der Waals surface area (Å²) in [5.41, 5.74) is 4.36. The molecule has 3 aliphatic carbocycles. The van der Waals surface area contributed by atoms with E-state index in [0.717, 1.165) is 71.8 Å². The van der Waals surface area contributed by atoms with Crippen molar-refractivity contribution in [1.82, 2.24) is 9.97 Å². The Morgan fingerprint density at radius 2 is 1.59 bits per heavy atom. The zero-order valence-corrected chi connectivity index (χ0v) is 19.5. The van der Waals surface area contributed by atoms with Gasteiger partial charge in [0.25, 0.3) is 0 Å². The number of rotatable bonds is 5. The molecule has 6 heteroatoms. The smallest absolute Gasteiger partial charge is 0.227 e. The zero-order chi connectivity index (χ0) is 23.1. The van der Waals surface area contributed by atoms with Crippen LogP contribution < -0.4 is 10.6 Å². The first-order valence-electron chi connectivity index (χ1n) is 12.8. The van der Waals surface area contributed by atoms with Crippen LogP contribution in [0.5, 0.6) is 0 Å². The Kier molecular flexibility index (Phi) is 5.60. The van der Waals surface area contributed by atoms with Crippen LogP contribution in [0.4, 0.5) is 11.4 Å². The maximum absolute atomic E-state index is 12.8. The maximum Gasteiger partial charge on any atom is 0.227 e. The zero-order valence-electron chi connectivity index (χ0n) is 19.5. The van der Waals surface area contributed by atoms with E-state index in [1.807, 2.05) is 42.5 Å². The summed E-state index contributed by atoms with van der Waals surface area (Å²) in [6.07, 6.45) is 10.3. The van der Waals surface area contributed by atoms with Gasteiger partial charge in [-0.3, -0.25) is 9.59 Å². The molecule has 3 unspecified atom stereocenters. The molecular formula is C28H32N4O2. The molecule has 3 aromatic rings. The van der Waals surface area contributed by atoms with Gasteiger partial charge >= 0.3 is 0 Å². The molecule has 34 heavy (non-hydrogen) atoms. The molecule has 6 nitrogen and oxygen atoms in total. The van der Waals surface area contributed by atoms with Crippen LogP contribution in [0.2, 0.25) is 0 Å². The van der Waals surface area contributed by atoms with Crippen molar-refractivity contribution in [3.05, 3.63) is 42.5 Å². The fraction of sp³-hybridized carbons (Fsp3) is 0.464. The Morgan fingerprint density at radius 3 is 2.32 bits per heavy atom. The van der Waals surface area contributed by atoms with Gasteiger partial charge in [-0.2, -0.15) is 0 Å². The van der Waals surface area contributed by atoms with Crippen LogP contribution >= 0.6 is 0 Å². The van der Waals surface area contributed by atoms with E-state index < -0.39 is 0 Å². The van der Waals surface area contributed by atoms with Crippen molar-refractivity contribution in [2.45, 2.75) is 57.8 Å². The van der Waals surface area contributed by atoms with Gasteiger partial charge < -0.3 is 15.6 Å². The summed E-state index contributed by atoms with van der Waals surface area (Å²) < 4.78 is 0. The minimum Gasteiger partial charge on any atom is -0.338 e. The number of carbonyl (C=O) groups is 2. The molecule has 0 aliphatic heterocycles. The number of fused-ring (bicyclic) bond motifs is 3. The van der Waals surface area contributed by atoms with Crippen LogP contribution in [-0.2, 0) is 9.59 Å². The molecule has 3 aliphatic rings. The van der Waals surface area contributed by atoms with E-state index in [0.29, 0.717) is 5.92 Å². The number of hydrogen-bond acceptors (Lipinski definition) is 3. The number of carbonyl (C=O) groups excluding carboxylic acids is 2. The van der Waals surface area contributed by atoms with Crippen LogP contribution in [0.3, 0.4) is 0 Å². The summed E-state index contributed by atoms with van der Waals surface area (Å²) in [5.74, 6) is 2.71. The van der Waals surface area contributed by atoms with E-state index in [9.17, 15) is 9.59 Å². The van der Waals surface area contributed by atoms with E-state index >= 15 is 0 Å². The van der Waals surface area contributed by atoms with Crippen LogP contribution in [0.15, 0.2) is 42.5 Å². The highest BCUT2D eigenvalue weighted by Gasteiger charge is 2.43. The molecule has 6 rings (SSSR count). The van der Waals surface area contributed by atoms with Gasteiger partial charge in [-0.15, -0.1) is 0 Å². The van der Waals surface area contributed by atoms with Crippen LogP contribution in [0.25, 0.3) is 22.4 Å². The third-order valence-electron chi connectivity index (χ3n) is 8.23. The lowest BCUT2D eigenvalue weighted by atomic mass is 9.88. The fourth-order valence-corrected chi connectivity index (χ4v) is 6.35. The molecule has 3 atom stereocenters. The summed E-state index contributed by atoms with van der Waals surface area (Å²) in [6.45, 7) is 0. The largest absolute Gasteiger partial charge is 0.338 e. The van der Waals surface area contributed by atoms with Gasteiger partial charge in [-0.25, -0.2) is 4.98 Å². The second-order valence-electron chi connectivity index (χ2n) is 10.5. The third kappa shape index (κ3) is 4.22. The number of aromatic nitrogens is 2. The van der Waals surface area contributed by atoms with Gasteiger partial charge in [0.2, 0.25) is 11.8 Å². The summed E-state index contributed by atoms with van der Waals surface area (Å²) in [7, 11) is 0. The Labute approximate surface area is 199 Å². The van der Waals surface area contributed by atoms with Gasteiger partial charge in [0.05, 0.1) is 11.0 Å². The predicted molar refractivity (Wildman–Crippen MR) is 134 cm³/mol. The molecule has 2 aromatic carbocycles. The van der Waals surface area contributed by atoms with Gasteiger partial charge in [0.1, 0.15) is 5.82 Å². The molecule has 1 heterocycles. The lowest BCUT2D eigenvalue weighted by Crippen LogP contribution is -2.27. The van der Waals surface area contributed by atoms with E-state index in [4.69, 9.17) is 4.98 Å². The van der Waals surface area contributed by atoms with Crippen molar-refractivity contribution in [3.8, 4) is 11.4 Å². The van der Waals surface area contributed by atoms with E-state index in [2.05, 4.69) is 15.6 Å². The minimum atomic E-state index is 0.135. The average Bonchev–Trinajstić information content (AvgIpc) is 3.61. The number of aromatic amines is 1. The van der Waals surface area contributed by atoms with Crippen molar-refractivity contribution in [3.63, 3.8) is 0 Å². The maximum atomic E-state index is 12.8. The van der Waals surface area contributed by atoms with Gasteiger partial charge in [-0.05, 0) is 86.4 Å². The van der Waals surface area contributed by atoms with Crippen molar-refractivity contribution >= 4 is 34.2 Å². The topological polar surface area (TPSA) is 86.9 Å². The number of benzene rings is 2. The Morgan fingerprint density at radius 1 is 0.824 bits per heavy atom. The lowest BCUT2D eigenvalue weighted by Gasteiger charge is -2.20. The Bertz CT molecular complexity index is 1210. The highest BCUT2D eigenvalue weighted by Crippen LogP contribution is 2.48. The van der Waals surface area contributed by atoms with Crippen molar-refractivity contribution < 1.29 is 9.59 Å². The third-order valence-corrected chi connectivity index (χ3v) is 8.23. The first-order chi connectivity index (χ1) is 16.6. The number of hydrogen-bond donors (Lipinski definition) is 3. The average molecular weight is 457 g/mol. The molecule has 0 radical (unpaired) electrons. The number of nitrogens with zero attached hydrogens (tertiary/aromatic N) is 1. The molecule has 0 saturated heterocycles. The highest BCUT2D eigenvalue weighted by molar-refractivity contribution is 5.95. The number of anilines is 2. The van der Waals surface area contributed by atoms with E-state index in [-0.39, 0.29) is 23.7 Å². The molecule has 0 spiro atoms. The van der Waals surface area contributed by atoms with Crippen molar-refractivity contribution in [2.24, 2.45) is 23.7 Å². The van der Waals surface area contributed by atoms with E-state index in [1.54, 1.807) is 0 Å². The van der Waals surface area contributed by atoms with E-state index in [1.165, 1.54) is 25.7 Å². The molecule has 3 saturated carbocycles. The van der Waals surface area contributed by atoms with Gasteiger partial charge in [-0.1, -0.05) is 25.7 Å². The number of amides is 2. The molecule has 2 bridgehead atoms. The fourth-order valence-electron chi connectivity index (χ4n) is 6.35. The standard InChI is InChI=1S/C28H32N4O2/c33-27(19-4-2-1-3-5-19)29-21-10-8-18(9-11-21)26-31-24-13-12-22(16-25(24)32-26)30-28(34)23-15-17-6-7-20(23)14-17/h8-13,16-17,19-20,23H,1-7,14-15H2,(H,29,33)(H,30,34)(H,31,32). The minimum absolute atomic E-state index is 0.135. The van der Waals surface area contributed by atoms with Gasteiger partial charge in [0, 0.05) is 28.8 Å². The Balaban J connectivity index is 1.13. The summed E-state index contributed by atoms with van der Waals surface area (Å²) in [5, 5.41) is 6.20. The Hall–Kier alpha value is -3.15. The summed E-state index contributed by atoms with van der Waals surface area (Å²) in [6, 6.07) is 13.7. The number of imidazole rings is 1. The second kappa shape index (κ2) is 8.90.